The zero-order valence-electron chi connectivity index (χ0n) is 9.40. The molecule has 0 bridgehead atoms. The summed E-state index contributed by atoms with van der Waals surface area (Å²) < 4.78 is 5.07. The van der Waals surface area contributed by atoms with Crippen LogP contribution in [0.25, 0.3) is 0 Å². The number of aryl methyl sites for hydroxylation is 1. The number of hydrogen-bond acceptors (Lipinski definition) is 3. The number of aliphatic hydroxyl groups excluding tert-OH is 1. The predicted molar refractivity (Wildman–Crippen MR) is 59.1 cm³/mol. The van der Waals surface area contributed by atoms with Gasteiger partial charge in [0.25, 0.3) is 5.91 Å². The van der Waals surface area contributed by atoms with Crippen molar-refractivity contribution >= 4 is 5.91 Å². The Kier molecular flexibility index (Phi) is 3.29. The third kappa shape index (κ3) is 2.64. The summed E-state index contributed by atoms with van der Waals surface area (Å²) in [5.41, 5.74) is 0.566. The number of nitrogens with one attached hydrogen (secondary N) is 1. The van der Waals surface area contributed by atoms with E-state index in [1.807, 2.05) is 6.92 Å². The first-order chi connectivity index (χ1) is 7.65. The van der Waals surface area contributed by atoms with E-state index in [0.29, 0.717) is 18.0 Å². The molecule has 0 aromatic carbocycles. The van der Waals surface area contributed by atoms with Crippen LogP contribution in [0.1, 0.15) is 35.4 Å². The largest absolute Gasteiger partial charge is 0.469 e. The van der Waals surface area contributed by atoms with Crippen LogP contribution in [0.5, 0.6) is 0 Å². The molecule has 1 saturated carbocycles. The van der Waals surface area contributed by atoms with Crippen LogP contribution >= 0.6 is 0 Å². The zero-order valence-corrected chi connectivity index (χ0v) is 9.40. The predicted octanol–water partition coefficient (Wildman–Crippen LogP) is 1.48. The molecule has 1 aliphatic carbocycles. The van der Waals surface area contributed by atoms with Crippen LogP contribution < -0.4 is 5.32 Å². The Balaban J connectivity index is 1.80. The summed E-state index contributed by atoms with van der Waals surface area (Å²) in [6.45, 7) is 2.45. The van der Waals surface area contributed by atoms with Gasteiger partial charge in [0.05, 0.1) is 11.7 Å². The first-order valence-corrected chi connectivity index (χ1v) is 5.66. The summed E-state index contributed by atoms with van der Waals surface area (Å²) in [5.74, 6) is 1.05. The van der Waals surface area contributed by atoms with Gasteiger partial charge in [-0.2, -0.15) is 0 Å². The number of furan rings is 1. The number of carbonyl (C=O) groups is 1. The van der Waals surface area contributed by atoms with Crippen molar-refractivity contribution in [2.24, 2.45) is 5.92 Å². The molecule has 0 saturated heterocycles. The highest BCUT2D eigenvalue weighted by Gasteiger charge is 2.23. The molecule has 88 valence electrons. The molecule has 2 N–H and O–H groups in total. The Labute approximate surface area is 94.6 Å². The lowest BCUT2D eigenvalue weighted by Gasteiger charge is -2.09. The molecule has 2 unspecified atom stereocenters. The Bertz CT molecular complexity index is 372. The van der Waals surface area contributed by atoms with E-state index in [0.717, 1.165) is 25.0 Å². The van der Waals surface area contributed by atoms with Gasteiger partial charge in [-0.25, -0.2) is 0 Å². The van der Waals surface area contributed by atoms with Gasteiger partial charge in [0, 0.05) is 6.54 Å². The van der Waals surface area contributed by atoms with Gasteiger partial charge in [-0.05, 0) is 38.2 Å². The van der Waals surface area contributed by atoms with Crippen molar-refractivity contribution in [2.75, 3.05) is 6.54 Å². The summed E-state index contributed by atoms with van der Waals surface area (Å²) in [6, 6.07) is 1.72. The van der Waals surface area contributed by atoms with Crippen LogP contribution in [-0.2, 0) is 0 Å². The van der Waals surface area contributed by atoms with Crippen LogP contribution in [0, 0.1) is 12.8 Å². The molecule has 2 rings (SSSR count). The Morgan fingerprint density at radius 2 is 2.44 bits per heavy atom. The van der Waals surface area contributed by atoms with Gasteiger partial charge in [-0.1, -0.05) is 0 Å². The van der Waals surface area contributed by atoms with Crippen molar-refractivity contribution in [1.29, 1.82) is 0 Å². The third-order valence-corrected chi connectivity index (χ3v) is 3.06. The lowest BCUT2D eigenvalue weighted by molar-refractivity contribution is 0.0944. The van der Waals surface area contributed by atoms with Crippen LogP contribution in [0.3, 0.4) is 0 Å². The molecule has 1 fully saturated rings. The third-order valence-electron chi connectivity index (χ3n) is 3.06. The Hall–Kier alpha value is -1.29. The van der Waals surface area contributed by atoms with Gasteiger partial charge in [0.2, 0.25) is 0 Å². The summed E-state index contributed by atoms with van der Waals surface area (Å²) in [7, 11) is 0. The fourth-order valence-electron chi connectivity index (χ4n) is 2.14. The normalized spacial score (nSPS) is 24.6. The van der Waals surface area contributed by atoms with E-state index in [4.69, 9.17) is 4.42 Å². The molecule has 1 heterocycles. The first kappa shape index (κ1) is 11.2. The molecule has 1 aromatic rings. The Morgan fingerprint density at radius 3 is 3.00 bits per heavy atom. The topological polar surface area (TPSA) is 62.5 Å². The maximum atomic E-state index is 11.7. The second-order valence-electron chi connectivity index (χ2n) is 4.49. The van der Waals surface area contributed by atoms with Crippen LogP contribution in [0.4, 0.5) is 0 Å². The Morgan fingerprint density at radius 1 is 1.62 bits per heavy atom. The molecule has 2 atom stereocenters. The quantitative estimate of drug-likeness (QED) is 0.815. The second-order valence-corrected chi connectivity index (χ2v) is 4.49. The van der Waals surface area contributed by atoms with Gasteiger partial charge < -0.3 is 14.8 Å². The number of aliphatic hydroxyl groups is 1. The van der Waals surface area contributed by atoms with Gasteiger partial charge in [-0.15, -0.1) is 0 Å². The molecule has 0 aliphatic heterocycles. The monoisotopic (exact) mass is 223 g/mol. The van der Waals surface area contributed by atoms with E-state index in [2.05, 4.69) is 5.32 Å². The minimum Gasteiger partial charge on any atom is -0.469 e. The highest BCUT2D eigenvalue weighted by atomic mass is 16.3. The molecule has 16 heavy (non-hydrogen) atoms. The van der Waals surface area contributed by atoms with Crippen molar-refractivity contribution in [2.45, 2.75) is 32.3 Å². The van der Waals surface area contributed by atoms with Crippen molar-refractivity contribution in [3.05, 3.63) is 23.7 Å². The minimum atomic E-state index is -0.182. The second kappa shape index (κ2) is 4.70. The van der Waals surface area contributed by atoms with E-state index >= 15 is 0 Å². The number of carbonyl (C=O) groups excluding carboxylic acids is 1. The molecular weight excluding hydrogens is 206 g/mol. The van der Waals surface area contributed by atoms with Gasteiger partial charge in [0.1, 0.15) is 12.0 Å². The van der Waals surface area contributed by atoms with E-state index in [-0.39, 0.29) is 12.0 Å². The van der Waals surface area contributed by atoms with E-state index in [1.54, 1.807) is 6.07 Å². The minimum absolute atomic E-state index is 0.0989. The number of rotatable bonds is 3. The van der Waals surface area contributed by atoms with Gasteiger partial charge in [-0.3, -0.25) is 4.79 Å². The smallest absolute Gasteiger partial charge is 0.254 e. The molecule has 4 heteroatoms. The average Bonchev–Trinajstić information content (AvgIpc) is 2.84. The van der Waals surface area contributed by atoms with E-state index in [9.17, 15) is 9.90 Å². The van der Waals surface area contributed by atoms with Crippen molar-refractivity contribution in [1.82, 2.24) is 5.32 Å². The van der Waals surface area contributed by atoms with Crippen molar-refractivity contribution < 1.29 is 14.3 Å². The summed E-state index contributed by atoms with van der Waals surface area (Å²) in [5, 5.41) is 12.2. The zero-order chi connectivity index (χ0) is 11.5. The van der Waals surface area contributed by atoms with Crippen LogP contribution in [-0.4, -0.2) is 23.7 Å². The standard InChI is InChI=1S/C12H17NO3/c1-8-4-10(7-16-8)12(15)13-6-9-2-3-11(14)5-9/h4,7,9,11,14H,2-3,5-6H2,1H3,(H,13,15). The number of hydrogen-bond donors (Lipinski definition) is 2. The molecule has 1 aromatic heterocycles. The number of amides is 1. The van der Waals surface area contributed by atoms with Gasteiger partial charge >= 0.3 is 0 Å². The van der Waals surface area contributed by atoms with Crippen molar-refractivity contribution in [3.63, 3.8) is 0 Å². The fourth-order valence-corrected chi connectivity index (χ4v) is 2.14. The van der Waals surface area contributed by atoms with Crippen LogP contribution in [0.2, 0.25) is 0 Å². The molecular formula is C12H17NO3. The summed E-state index contributed by atoms with van der Waals surface area (Å²) in [4.78, 5) is 11.7. The highest BCUT2D eigenvalue weighted by Crippen LogP contribution is 2.24. The van der Waals surface area contributed by atoms with Crippen molar-refractivity contribution in [3.8, 4) is 0 Å². The van der Waals surface area contributed by atoms with Gasteiger partial charge in [0.15, 0.2) is 0 Å². The molecule has 1 aliphatic rings. The van der Waals surface area contributed by atoms with Crippen LogP contribution in [0.15, 0.2) is 16.7 Å². The molecule has 4 nitrogen and oxygen atoms in total. The maximum absolute atomic E-state index is 11.7. The summed E-state index contributed by atoms with van der Waals surface area (Å²) >= 11 is 0. The lowest BCUT2D eigenvalue weighted by Crippen LogP contribution is -2.28. The lowest BCUT2D eigenvalue weighted by atomic mass is 10.1. The summed E-state index contributed by atoms with van der Waals surface area (Å²) in [6.07, 6.45) is 3.92. The highest BCUT2D eigenvalue weighted by molar-refractivity contribution is 5.93. The van der Waals surface area contributed by atoms with E-state index in [1.165, 1.54) is 6.26 Å². The van der Waals surface area contributed by atoms with E-state index < -0.39 is 0 Å². The first-order valence-electron chi connectivity index (χ1n) is 5.66. The average molecular weight is 223 g/mol. The molecule has 0 spiro atoms. The SMILES string of the molecule is Cc1cc(C(=O)NCC2CCC(O)C2)co1. The molecule has 0 radical (unpaired) electrons. The maximum Gasteiger partial charge on any atom is 0.254 e. The molecule has 1 amide bonds. The fraction of sp³-hybridized carbons (Fsp3) is 0.583.